The molecule has 254 valence electrons. The number of carbonyl (C=O) groups excluding carboxylic acids is 4. The number of nitrogens with two attached hydrogens (primary N) is 2. The maximum Gasteiger partial charge on any atom is 0.272 e. The number of guanidine groups is 1. The number of anilines is 3. The summed E-state index contributed by atoms with van der Waals surface area (Å²) in [6.45, 7) is 3.00. The van der Waals surface area contributed by atoms with Crippen molar-refractivity contribution in [1.82, 2.24) is 24.4 Å². The van der Waals surface area contributed by atoms with Gasteiger partial charge in [-0.2, -0.15) is 0 Å². The first-order valence-corrected chi connectivity index (χ1v) is 16.2. The highest BCUT2D eigenvalue weighted by Crippen LogP contribution is 2.22. The van der Waals surface area contributed by atoms with Crippen LogP contribution >= 0.6 is 15.9 Å². The van der Waals surface area contributed by atoms with E-state index in [0.29, 0.717) is 45.9 Å². The smallest absolute Gasteiger partial charge is 0.272 e. The summed E-state index contributed by atoms with van der Waals surface area (Å²) in [5, 5.41) is 10.4. The van der Waals surface area contributed by atoms with Gasteiger partial charge in [-0.05, 0) is 42.3 Å². The number of rotatable bonds is 14. The zero-order valence-corrected chi connectivity index (χ0v) is 28.8. The molecule has 3 heterocycles. The molecule has 0 unspecified atom stereocenters. The molecule has 4 amide bonds. The molecule has 1 aromatic carbocycles. The normalized spacial score (nSPS) is 10.8. The molecule has 3 aromatic heterocycles. The molecular formula is C32H40BrN11O4. The van der Waals surface area contributed by atoms with Gasteiger partial charge in [0.25, 0.3) is 23.6 Å². The molecule has 8 N–H and O–H groups in total. The van der Waals surface area contributed by atoms with E-state index in [9.17, 15) is 19.2 Å². The minimum absolute atomic E-state index is 0.0616. The maximum absolute atomic E-state index is 13.5. The molecular weight excluding hydrogens is 682 g/mol. The second kappa shape index (κ2) is 16.0. The number of aryl methyl sites for hydroxylation is 4. The van der Waals surface area contributed by atoms with Gasteiger partial charge in [-0.3, -0.25) is 24.2 Å². The highest BCUT2D eigenvalue weighted by molar-refractivity contribution is 9.09. The van der Waals surface area contributed by atoms with Crippen molar-refractivity contribution in [3.05, 3.63) is 89.3 Å². The topological polar surface area (TPSA) is 199 Å². The molecule has 0 radical (unpaired) electrons. The first-order valence-electron chi connectivity index (χ1n) is 15.1. The van der Waals surface area contributed by atoms with Gasteiger partial charge in [-0.25, -0.2) is 10.4 Å². The Labute approximate surface area is 286 Å². The van der Waals surface area contributed by atoms with Crippen LogP contribution in [0.5, 0.6) is 0 Å². The van der Waals surface area contributed by atoms with Crippen LogP contribution in [0.2, 0.25) is 0 Å². The van der Waals surface area contributed by atoms with Crippen LogP contribution in [0.25, 0.3) is 0 Å². The van der Waals surface area contributed by atoms with Gasteiger partial charge < -0.3 is 41.1 Å². The molecule has 48 heavy (non-hydrogen) atoms. The van der Waals surface area contributed by atoms with E-state index in [2.05, 4.69) is 42.3 Å². The fourth-order valence-electron chi connectivity index (χ4n) is 4.89. The number of carbonyl (C=O) groups is 4. The minimum atomic E-state index is -0.441. The number of alkyl halides is 1. The van der Waals surface area contributed by atoms with Gasteiger partial charge in [-0.1, -0.05) is 35.0 Å². The van der Waals surface area contributed by atoms with Crippen molar-refractivity contribution in [1.29, 1.82) is 0 Å². The summed E-state index contributed by atoms with van der Waals surface area (Å²) in [4.78, 5) is 56.4. The Kier molecular flexibility index (Phi) is 11.8. The third-order valence-corrected chi connectivity index (χ3v) is 7.74. The van der Waals surface area contributed by atoms with Crippen LogP contribution in [0.1, 0.15) is 54.3 Å². The van der Waals surface area contributed by atoms with Gasteiger partial charge in [0, 0.05) is 63.7 Å². The molecule has 0 aliphatic heterocycles. The molecule has 0 saturated carbocycles. The van der Waals surface area contributed by atoms with Crippen LogP contribution in [0, 0.1) is 0 Å². The second-order valence-corrected chi connectivity index (χ2v) is 11.7. The Morgan fingerprint density at radius 2 is 1.33 bits per heavy atom. The summed E-state index contributed by atoms with van der Waals surface area (Å²) in [7, 11) is 5.07. The SMILES string of the molecule is CCc1ccc(C(=O)N(NCCBr)c2cc(C(=O)Nc3cc(C(=O)Nc4cc(C(=O)NCCN=C(N)N)n(C)c4)n(C)c3)n(C)c2)cc1. The maximum atomic E-state index is 13.5. The molecule has 16 heteroatoms. The fraction of sp³-hybridized carbons (Fsp3) is 0.281. The quantitative estimate of drug-likeness (QED) is 0.0377. The molecule has 0 spiro atoms. The predicted molar refractivity (Wildman–Crippen MR) is 190 cm³/mol. The van der Waals surface area contributed by atoms with Crippen LogP contribution in [0.4, 0.5) is 17.1 Å². The Morgan fingerprint density at radius 3 is 1.88 bits per heavy atom. The van der Waals surface area contributed by atoms with Gasteiger partial charge in [0.15, 0.2) is 5.96 Å². The lowest BCUT2D eigenvalue weighted by Gasteiger charge is -2.22. The summed E-state index contributed by atoms with van der Waals surface area (Å²) in [5.74, 6) is -1.55. The Hall–Kier alpha value is -5.35. The van der Waals surface area contributed by atoms with Crippen molar-refractivity contribution in [3.63, 3.8) is 0 Å². The average Bonchev–Trinajstić information content (AvgIpc) is 3.74. The highest BCUT2D eigenvalue weighted by Gasteiger charge is 2.23. The highest BCUT2D eigenvalue weighted by atomic mass is 79.9. The first-order chi connectivity index (χ1) is 22.9. The average molecular weight is 723 g/mol. The van der Waals surface area contributed by atoms with Crippen molar-refractivity contribution in [3.8, 4) is 0 Å². The molecule has 15 nitrogen and oxygen atoms in total. The van der Waals surface area contributed by atoms with Crippen LogP contribution in [0.3, 0.4) is 0 Å². The van der Waals surface area contributed by atoms with Crippen molar-refractivity contribution >= 4 is 62.6 Å². The van der Waals surface area contributed by atoms with Crippen molar-refractivity contribution in [2.45, 2.75) is 13.3 Å². The van der Waals surface area contributed by atoms with Crippen LogP contribution in [0.15, 0.2) is 66.0 Å². The minimum Gasteiger partial charge on any atom is -0.370 e. The van der Waals surface area contributed by atoms with Crippen LogP contribution in [-0.4, -0.2) is 68.3 Å². The third-order valence-electron chi connectivity index (χ3n) is 7.34. The lowest BCUT2D eigenvalue weighted by Crippen LogP contribution is -2.44. The molecule has 0 fully saturated rings. The summed E-state index contributed by atoms with van der Waals surface area (Å²) >= 11 is 3.39. The predicted octanol–water partition coefficient (Wildman–Crippen LogP) is 2.32. The Balaban J connectivity index is 1.44. The van der Waals surface area contributed by atoms with E-state index in [4.69, 9.17) is 11.5 Å². The zero-order valence-electron chi connectivity index (χ0n) is 27.2. The Bertz CT molecular complexity index is 1820. The van der Waals surface area contributed by atoms with E-state index in [-0.39, 0.29) is 36.6 Å². The zero-order chi connectivity index (χ0) is 35.0. The summed E-state index contributed by atoms with van der Waals surface area (Å²) in [6.07, 6.45) is 5.78. The number of nitrogens with one attached hydrogen (secondary N) is 4. The molecule has 4 rings (SSSR count). The molecule has 0 aliphatic carbocycles. The van der Waals surface area contributed by atoms with Crippen molar-refractivity contribution < 1.29 is 19.2 Å². The number of hydrazine groups is 1. The fourth-order valence-corrected chi connectivity index (χ4v) is 5.07. The summed E-state index contributed by atoms with van der Waals surface area (Å²) in [6, 6.07) is 12.1. The number of aromatic nitrogens is 3. The van der Waals surface area contributed by atoms with Gasteiger partial charge in [0.1, 0.15) is 17.1 Å². The third kappa shape index (κ3) is 8.71. The standard InChI is InChI=1S/C32H40BrN11O4/c1-5-20-6-8-21(9-7-20)31(48)44(38-11-10-33)24-16-27(43(4)19-24)30(47)40-23-15-26(42(3)18-23)29(46)39-22-14-25(41(2)17-22)28(45)36-12-13-37-32(34)35/h6-9,14-19,38H,5,10-13H2,1-4H3,(H,36,45)(H,39,46)(H,40,47)(H4,34,35,37). The van der Waals surface area contributed by atoms with E-state index in [1.807, 2.05) is 19.1 Å². The van der Waals surface area contributed by atoms with Gasteiger partial charge in [0.05, 0.1) is 23.6 Å². The largest absolute Gasteiger partial charge is 0.370 e. The summed E-state index contributed by atoms with van der Waals surface area (Å²) < 4.78 is 4.79. The number of aliphatic imine (C=N–C) groups is 1. The van der Waals surface area contributed by atoms with Crippen molar-refractivity contribution in [2.24, 2.45) is 37.6 Å². The Morgan fingerprint density at radius 1 is 0.792 bits per heavy atom. The summed E-state index contributed by atoms with van der Waals surface area (Å²) in [5.41, 5.74) is 17.5. The monoisotopic (exact) mass is 721 g/mol. The van der Waals surface area contributed by atoms with Crippen LogP contribution in [-0.2, 0) is 27.6 Å². The molecule has 0 aliphatic rings. The lowest BCUT2D eigenvalue weighted by atomic mass is 10.1. The van der Waals surface area contributed by atoms with E-state index in [0.717, 1.165) is 12.0 Å². The van der Waals surface area contributed by atoms with Gasteiger partial charge in [-0.15, -0.1) is 0 Å². The van der Waals surface area contributed by atoms with E-state index in [1.165, 1.54) is 5.01 Å². The van der Waals surface area contributed by atoms with E-state index in [1.54, 1.807) is 83.8 Å². The van der Waals surface area contributed by atoms with Gasteiger partial charge in [0.2, 0.25) is 0 Å². The number of benzene rings is 1. The van der Waals surface area contributed by atoms with E-state index < -0.39 is 11.8 Å². The van der Waals surface area contributed by atoms with E-state index >= 15 is 0 Å². The number of hydrogen-bond donors (Lipinski definition) is 6. The van der Waals surface area contributed by atoms with Crippen LogP contribution < -0.4 is 37.9 Å². The second-order valence-electron chi connectivity index (χ2n) is 10.9. The molecule has 0 bridgehead atoms. The van der Waals surface area contributed by atoms with Crippen molar-refractivity contribution in [2.75, 3.05) is 40.6 Å². The number of hydrogen-bond acceptors (Lipinski definition) is 6. The molecule has 0 saturated heterocycles. The van der Waals surface area contributed by atoms with Gasteiger partial charge >= 0.3 is 0 Å². The lowest BCUT2D eigenvalue weighted by molar-refractivity contribution is 0.0943. The number of nitrogens with zero attached hydrogens (tertiary/aromatic N) is 5. The first kappa shape index (κ1) is 35.5. The molecule has 4 aromatic rings. The molecule has 0 atom stereocenters. The number of amides is 4. The number of halogens is 1.